The van der Waals surface area contributed by atoms with Gasteiger partial charge in [0.05, 0.1) is 16.0 Å². The smallest absolute Gasteiger partial charge is 0.148 e. The molecule has 82 valence electrons. The molecule has 1 aromatic rings. The van der Waals surface area contributed by atoms with Crippen molar-refractivity contribution >= 4 is 16.6 Å². The zero-order chi connectivity index (χ0) is 11.4. The lowest BCUT2D eigenvalue weighted by atomic mass is 10.2. The van der Waals surface area contributed by atoms with Gasteiger partial charge in [0, 0.05) is 11.3 Å². The second-order valence-corrected chi connectivity index (χ2v) is 5.35. The van der Waals surface area contributed by atoms with Crippen LogP contribution < -0.4 is 0 Å². The van der Waals surface area contributed by atoms with Gasteiger partial charge < -0.3 is 0 Å². The first-order valence-electron chi connectivity index (χ1n) is 5.06. The van der Waals surface area contributed by atoms with Crippen molar-refractivity contribution in [3.63, 3.8) is 0 Å². The Labute approximate surface area is 93.2 Å². The lowest BCUT2D eigenvalue weighted by Gasteiger charge is -2.09. The van der Waals surface area contributed by atoms with Crippen LogP contribution in [0, 0.1) is 6.92 Å². The maximum Gasteiger partial charge on any atom is 0.148 e. The van der Waals surface area contributed by atoms with Crippen LogP contribution in [-0.4, -0.2) is 15.2 Å². The molecule has 0 bridgehead atoms. The number of benzene rings is 1. The first kappa shape index (κ1) is 12.1. The van der Waals surface area contributed by atoms with Gasteiger partial charge in [-0.25, -0.2) is 0 Å². The molecule has 0 amide bonds. The van der Waals surface area contributed by atoms with E-state index in [4.69, 9.17) is 0 Å². The fraction of sp³-hybridized carbons (Fsp3) is 0.417. The highest BCUT2D eigenvalue weighted by molar-refractivity contribution is 7.86. The Hall–Kier alpha value is -0.960. The van der Waals surface area contributed by atoms with Crippen LogP contribution in [0.15, 0.2) is 29.2 Å². The van der Waals surface area contributed by atoms with Crippen LogP contribution in [0.25, 0.3) is 0 Å². The van der Waals surface area contributed by atoms with E-state index in [0.717, 1.165) is 10.5 Å². The third-order valence-corrected chi connectivity index (χ3v) is 3.97. The molecular formula is C12H16O2S. The molecule has 2 atom stereocenters. The van der Waals surface area contributed by atoms with Crippen molar-refractivity contribution in [1.82, 2.24) is 0 Å². The second-order valence-electron chi connectivity index (χ2n) is 3.58. The molecule has 2 nitrogen and oxygen atoms in total. The Bertz CT molecular complexity index is 385. The molecule has 0 spiro atoms. The Morgan fingerprint density at radius 2 is 2.13 bits per heavy atom. The highest BCUT2D eigenvalue weighted by atomic mass is 32.2. The number of hydrogen-bond donors (Lipinski definition) is 0. The summed E-state index contributed by atoms with van der Waals surface area (Å²) in [5.74, 6) is 0.0508. The number of rotatable bonds is 4. The Balaban J connectivity index is 2.90. The molecule has 0 aromatic heterocycles. The summed E-state index contributed by atoms with van der Waals surface area (Å²) in [6.45, 7) is 5.48. The highest BCUT2D eigenvalue weighted by Crippen LogP contribution is 2.14. The van der Waals surface area contributed by atoms with E-state index in [1.165, 1.54) is 0 Å². The molecular weight excluding hydrogens is 208 g/mol. The van der Waals surface area contributed by atoms with Crippen molar-refractivity contribution in [3.05, 3.63) is 29.8 Å². The van der Waals surface area contributed by atoms with Crippen molar-refractivity contribution < 1.29 is 9.00 Å². The average Bonchev–Trinajstić information content (AvgIpc) is 2.26. The Morgan fingerprint density at radius 3 is 2.67 bits per heavy atom. The topological polar surface area (TPSA) is 34.1 Å². The van der Waals surface area contributed by atoms with Crippen LogP contribution in [0.5, 0.6) is 0 Å². The fourth-order valence-electron chi connectivity index (χ4n) is 1.35. The number of Topliss-reactive ketones (excluding diaryl/α,β-unsaturated/α-hetero) is 1. The van der Waals surface area contributed by atoms with E-state index in [9.17, 15) is 9.00 Å². The van der Waals surface area contributed by atoms with Crippen LogP contribution >= 0.6 is 0 Å². The predicted octanol–water partition coefficient (Wildman–Crippen LogP) is 2.47. The van der Waals surface area contributed by atoms with Gasteiger partial charge in [0.25, 0.3) is 0 Å². The summed E-state index contributed by atoms with van der Waals surface area (Å²) in [4.78, 5) is 12.2. The van der Waals surface area contributed by atoms with E-state index in [1.54, 1.807) is 13.8 Å². The molecule has 0 fully saturated rings. The van der Waals surface area contributed by atoms with E-state index in [-0.39, 0.29) is 5.78 Å². The minimum Gasteiger partial charge on any atom is -0.298 e. The van der Waals surface area contributed by atoms with Gasteiger partial charge in [0.15, 0.2) is 0 Å². The molecule has 0 N–H and O–H groups in total. The Morgan fingerprint density at radius 1 is 1.47 bits per heavy atom. The van der Waals surface area contributed by atoms with Gasteiger partial charge in [-0.05, 0) is 31.5 Å². The van der Waals surface area contributed by atoms with Gasteiger partial charge in [-0.2, -0.15) is 0 Å². The Kier molecular flexibility index (Phi) is 4.21. The number of carbonyl (C=O) groups is 1. The van der Waals surface area contributed by atoms with Gasteiger partial charge >= 0.3 is 0 Å². The normalized spacial score (nSPS) is 14.6. The van der Waals surface area contributed by atoms with Crippen molar-refractivity contribution in [2.75, 3.05) is 0 Å². The molecule has 2 unspecified atom stereocenters. The molecule has 0 heterocycles. The zero-order valence-corrected chi connectivity index (χ0v) is 10.1. The molecule has 0 radical (unpaired) electrons. The second kappa shape index (κ2) is 5.21. The van der Waals surface area contributed by atoms with Gasteiger partial charge in [-0.1, -0.05) is 19.1 Å². The summed E-state index contributed by atoms with van der Waals surface area (Å²) in [7, 11) is -1.22. The van der Waals surface area contributed by atoms with Gasteiger partial charge in [0.1, 0.15) is 5.78 Å². The van der Waals surface area contributed by atoms with Crippen LogP contribution in [0.2, 0.25) is 0 Å². The van der Waals surface area contributed by atoms with Gasteiger partial charge in [-0.15, -0.1) is 0 Å². The fourth-order valence-corrected chi connectivity index (χ4v) is 2.68. The first-order chi connectivity index (χ1) is 7.06. The largest absolute Gasteiger partial charge is 0.298 e. The van der Waals surface area contributed by atoms with Crippen molar-refractivity contribution in [1.29, 1.82) is 0 Å². The summed E-state index contributed by atoms with van der Waals surface area (Å²) in [6.07, 6.45) is 0.443. The monoisotopic (exact) mass is 224 g/mol. The quantitative estimate of drug-likeness (QED) is 0.787. The lowest BCUT2D eigenvalue weighted by molar-refractivity contribution is -0.118. The molecule has 0 saturated carbocycles. The standard InChI is InChI=1S/C12H16O2S/c1-4-12(13)10(3)15(14)11-7-5-6-9(2)8-11/h5-8,10H,4H2,1-3H3. The molecule has 0 saturated heterocycles. The molecule has 3 heteroatoms. The van der Waals surface area contributed by atoms with E-state index in [0.29, 0.717) is 6.42 Å². The number of aryl methyl sites for hydroxylation is 1. The van der Waals surface area contributed by atoms with E-state index < -0.39 is 16.0 Å². The zero-order valence-electron chi connectivity index (χ0n) is 9.32. The highest BCUT2D eigenvalue weighted by Gasteiger charge is 2.19. The van der Waals surface area contributed by atoms with Crippen molar-refractivity contribution in [3.8, 4) is 0 Å². The maximum atomic E-state index is 12.0. The summed E-state index contributed by atoms with van der Waals surface area (Å²) in [6, 6.07) is 7.50. The van der Waals surface area contributed by atoms with E-state index in [2.05, 4.69) is 0 Å². The summed E-state index contributed by atoms with van der Waals surface area (Å²) >= 11 is 0. The van der Waals surface area contributed by atoms with E-state index >= 15 is 0 Å². The number of hydrogen-bond acceptors (Lipinski definition) is 2. The molecule has 1 aromatic carbocycles. The molecule has 0 aliphatic heterocycles. The van der Waals surface area contributed by atoms with Crippen molar-refractivity contribution in [2.45, 2.75) is 37.3 Å². The first-order valence-corrected chi connectivity index (χ1v) is 6.27. The van der Waals surface area contributed by atoms with Crippen LogP contribution in [-0.2, 0) is 15.6 Å². The van der Waals surface area contributed by atoms with Gasteiger partial charge in [0.2, 0.25) is 0 Å². The number of ketones is 1. The predicted molar refractivity (Wildman–Crippen MR) is 62.3 cm³/mol. The number of carbonyl (C=O) groups excluding carboxylic acids is 1. The van der Waals surface area contributed by atoms with Gasteiger partial charge in [-0.3, -0.25) is 9.00 Å². The minimum absolute atomic E-state index is 0.0508. The molecule has 0 aliphatic carbocycles. The summed E-state index contributed by atoms with van der Waals surface area (Å²) in [5, 5.41) is -0.406. The van der Waals surface area contributed by atoms with Crippen LogP contribution in [0.4, 0.5) is 0 Å². The molecule has 0 aliphatic rings. The van der Waals surface area contributed by atoms with Crippen LogP contribution in [0.1, 0.15) is 25.8 Å². The third-order valence-electron chi connectivity index (χ3n) is 2.34. The molecule has 1 rings (SSSR count). The third kappa shape index (κ3) is 2.99. The maximum absolute atomic E-state index is 12.0. The van der Waals surface area contributed by atoms with Crippen LogP contribution in [0.3, 0.4) is 0 Å². The molecule has 15 heavy (non-hydrogen) atoms. The van der Waals surface area contributed by atoms with E-state index in [1.807, 2.05) is 31.2 Å². The van der Waals surface area contributed by atoms with Crippen molar-refractivity contribution in [2.24, 2.45) is 0 Å². The average molecular weight is 224 g/mol. The lowest BCUT2D eigenvalue weighted by Crippen LogP contribution is -2.21. The summed E-state index contributed by atoms with van der Waals surface area (Å²) in [5.41, 5.74) is 1.07. The minimum atomic E-state index is -1.22. The summed E-state index contributed by atoms with van der Waals surface area (Å²) < 4.78 is 12.0. The SMILES string of the molecule is CCC(=O)C(C)S(=O)c1cccc(C)c1.